The number of benzene rings is 2. The SMILES string of the molecule is C1=CC=CNC=C1.O=C(c1ccco1)C1C=c2c(ccc3c2=CCc2ccccc2-3)CC1. The minimum Gasteiger partial charge on any atom is -0.461 e. The van der Waals surface area contributed by atoms with Gasteiger partial charge in [0.25, 0.3) is 0 Å². The quantitative estimate of drug-likeness (QED) is 0.613. The van der Waals surface area contributed by atoms with Gasteiger partial charge in [-0.3, -0.25) is 4.79 Å². The van der Waals surface area contributed by atoms with Gasteiger partial charge in [-0.1, -0.05) is 60.7 Å². The molecule has 3 nitrogen and oxygen atoms in total. The smallest absolute Gasteiger partial charge is 0.204 e. The van der Waals surface area contributed by atoms with Crippen molar-refractivity contribution in [2.75, 3.05) is 0 Å². The lowest BCUT2D eigenvalue weighted by molar-refractivity contribution is 0.0919. The lowest BCUT2D eigenvalue weighted by Gasteiger charge is -2.21. The molecule has 1 atom stereocenters. The monoisotopic (exact) mass is 419 g/mol. The van der Waals surface area contributed by atoms with Gasteiger partial charge in [-0.15, -0.1) is 0 Å². The normalized spacial score (nSPS) is 17.2. The lowest BCUT2D eigenvalue weighted by Crippen LogP contribution is -2.37. The van der Waals surface area contributed by atoms with Crippen molar-refractivity contribution in [3.05, 3.63) is 119 Å². The Morgan fingerprint density at radius 2 is 1.69 bits per heavy atom. The van der Waals surface area contributed by atoms with Crippen molar-refractivity contribution < 1.29 is 9.21 Å². The summed E-state index contributed by atoms with van der Waals surface area (Å²) in [6.07, 6.45) is 20.3. The number of fused-ring (bicyclic) bond motifs is 5. The highest BCUT2D eigenvalue weighted by Crippen LogP contribution is 2.26. The van der Waals surface area contributed by atoms with Gasteiger partial charge in [-0.05, 0) is 76.2 Å². The fourth-order valence-corrected chi connectivity index (χ4v) is 4.53. The second kappa shape index (κ2) is 9.11. The number of Topliss-reactive ketones (excluding diaryl/α,β-unsaturated/α-hetero) is 1. The Bertz CT molecular complexity index is 1330. The maximum absolute atomic E-state index is 12.7. The number of furan rings is 1. The summed E-state index contributed by atoms with van der Waals surface area (Å²) in [7, 11) is 0. The highest BCUT2D eigenvalue weighted by molar-refractivity contribution is 5.99. The molecule has 0 fully saturated rings. The molecule has 0 saturated heterocycles. The van der Waals surface area contributed by atoms with E-state index >= 15 is 0 Å². The van der Waals surface area contributed by atoms with Gasteiger partial charge in [0.15, 0.2) is 5.76 Å². The summed E-state index contributed by atoms with van der Waals surface area (Å²) in [5.74, 6) is 0.448. The molecule has 0 amide bonds. The summed E-state index contributed by atoms with van der Waals surface area (Å²) in [6, 6.07) is 16.6. The number of carbonyl (C=O) groups is 1. The Morgan fingerprint density at radius 1 is 0.844 bits per heavy atom. The van der Waals surface area contributed by atoms with Gasteiger partial charge in [-0.2, -0.15) is 0 Å². The first-order valence-electron chi connectivity index (χ1n) is 11.1. The average molecular weight is 420 g/mol. The summed E-state index contributed by atoms with van der Waals surface area (Å²) in [4.78, 5) is 12.7. The third-order valence-corrected chi connectivity index (χ3v) is 6.12. The second-order valence-corrected chi connectivity index (χ2v) is 8.09. The second-order valence-electron chi connectivity index (χ2n) is 8.09. The number of hydrogen-bond acceptors (Lipinski definition) is 3. The van der Waals surface area contributed by atoms with Gasteiger partial charge in [0.05, 0.1) is 6.26 Å². The standard InChI is InChI=1S/C23H18O2.C6H7N/c24-23(22-6-3-13-25-22)17-8-7-16-10-11-19-18-5-2-1-4-15(18)9-12-20(19)21(16)14-17;1-2-4-6-7-5-3-1/h1-6,10-14,17H,7-9H2;1-7H. The van der Waals surface area contributed by atoms with E-state index in [-0.39, 0.29) is 11.7 Å². The van der Waals surface area contributed by atoms with Crippen molar-refractivity contribution in [3.8, 4) is 11.1 Å². The Labute approximate surface area is 187 Å². The van der Waals surface area contributed by atoms with Gasteiger partial charge in [-0.25, -0.2) is 0 Å². The predicted octanol–water partition coefficient (Wildman–Crippen LogP) is 4.68. The van der Waals surface area contributed by atoms with Gasteiger partial charge in [0.2, 0.25) is 5.78 Å². The van der Waals surface area contributed by atoms with Gasteiger partial charge < -0.3 is 9.73 Å². The van der Waals surface area contributed by atoms with Gasteiger partial charge in [0.1, 0.15) is 0 Å². The summed E-state index contributed by atoms with van der Waals surface area (Å²) in [6.45, 7) is 0. The summed E-state index contributed by atoms with van der Waals surface area (Å²) in [5, 5.41) is 5.45. The van der Waals surface area contributed by atoms with Crippen LogP contribution in [0.25, 0.3) is 23.3 Å². The molecule has 3 aromatic rings. The molecule has 0 radical (unpaired) electrons. The maximum Gasteiger partial charge on any atom is 0.204 e. The maximum atomic E-state index is 12.7. The van der Waals surface area contributed by atoms with Crippen molar-refractivity contribution in [3.63, 3.8) is 0 Å². The third-order valence-electron chi connectivity index (χ3n) is 6.12. The predicted molar refractivity (Wildman–Crippen MR) is 129 cm³/mol. The number of ketones is 1. The molecular formula is C29H25NO2. The van der Waals surface area contributed by atoms with Crippen LogP contribution < -0.4 is 15.8 Å². The lowest BCUT2D eigenvalue weighted by atomic mass is 9.83. The molecule has 1 aromatic heterocycles. The first-order chi connectivity index (χ1) is 15.8. The van der Waals surface area contributed by atoms with Crippen LogP contribution in [0.5, 0.6) is 0 Å². The first-order valence-corrected chi connectivity index (χ1v) is 11.1. The molecule has 2 aromatic carbocycles. The molecule has 0 bridgehead atoms. The Balaban J connectivity index is 0.000000265. The molecule has 1 N–H and O–H groups in total. The zero-order valence-electron chi connectivity index (χ0n) is 17.8. The van der Waals surface area contributed by atoms with E-state index in [1.807, 2.05) is 36.7 Å². The van der Waals surface area contributed by atoms with E-state index in [0.29, 0.717) is 5.76 Å². The molecule has 6 rings (SSSR count). The molecule has 3 aliphatic rings. The van der Waals surface area contributed by atoms with Crippen molar-refractivity contribution in [1.29, 1.82) is 0 Å². The van der Waals surface area contributed by atoms with E-state index in [0.717, 1.165) is 19.3 Å². The molecule has 158 valence electrons. The zero-order valence-corrected chi connectivity index (χ0v) is 17.8. The molecule has 0 saturated carbocycles. The van der Waals surface area contributed by atoms with Crippen LogP contribution in [0.15, 0.2) is 95.9 Å². The van der Waals surface area contributed by atoms with E-state index in [9.17, 15) is 4.79 Å². The minimum absolute atomic E-state index is 0.0875. The summed E-state index contributed by atoms with van der Waals surface area (Å²) >= 11 is 0. The van der Waals surface area contributed by atoms with Crippen LogP contribution in [0, 0.1) is 5.92 Å². The summed E-state index contributed by atoms with van der Waals surface area (Å²) < 4.78 is 5.32. The van der Waals surface area contributed by atoms with Crippen LogP contribution in [-0.2, 0) is 12.8 Å². The number of rotatable bonds is 2. The molecule has 0 spiro atoms. The number of aryl methyl sites for hydroxylation is 1. The Kier molecular flexibility index (Phi) is 5.71. The van der Waals surface area contributed by atoms with Crippen molar-refractivity contribution in [2.45, 2.75) is 19.3 Å². The van der Waals surface area contributed by atoms with Crippen LogP contribution in [0.4, 0.5) is 0 Å². The first kappa shape index (κ1) is 20.1. The number of carbonyl (C=O) groups excluding carboxylic acids is 1. The average Bonchev–Trinajstić information content (AvgIpc) is 3.23. The van der Waals surface area contributed by atoms with E-state index in [1.165, 1.54) is 32.7 Å². The highest BCUT2D eigenvalue weighted by atomic mass is 16.3. The van der Waals surface area contributed by atoms with Gasteiger partial charge >= 0.3 is 0 Å². The zero-order chi connectivity index (χ0) is 21.8. The van der Waals surface area contributed by atoms with Crippen molar-refractivity contribution in [1.82, 2.24) is 5.32 Å². The molecule has 3 heteroatoms. The van der Waals surface area contributed by atoms with E-state index in [1.54, 1.807) is 18.4 Å². The molecular weight excluding hydrogens is 394 g/mol. The number of nitrogens with one attached hydrogen (secondary N) is 1. The van der Waals surface area contributed by atoms with Gasteiger partial charge in [0, 0.05) is 18.3 Å². The third kappa shape index (κ3) is 4.02. The number of allylic oxidation sites excluding steroid dienone is 4. The largest absolute Gasteiger partial charge is 0.461 e. The van der Waals surface area contributed by atoms with E-state index < -0.39 is 0 Å². The van der Waals surface area contributed by atoms with Crippen LogP contribution in [0.2, 0.25) is 0 Å². The van der Waals surface area contributed by atoms with E-state index in [4.69, 9.17) is 4.42 Å². The highest BCUT2D eigenvalue weighted by Gasteiger charge is 2.24. The summed E-state index contributed by atoms with van der Waals surface area (Å²) in [5.41, 5.74) is 5.31. The Hall–Kier alpha value is -3.85. The molecule has 32 heavy (non-hydrogen) atoms. The van der Waals surface area contributed by atoms with Crippen molar-refractivity contribution in [2.24, 2.45) is 5.92 Å². The number of hydrogen-bond donors (Lipinski definition) is 1. The topological polar surface area (TPSA) is 42.2 Å². The molecule has 1 aliphatic heterocycles. The molecule has 2 aliphatic carbocycles. The van der Waals surface area contributed by atoms with Crippen molar-refractivity contribution >= 4 is 17.9 Å². The Morgan fingerprint density at radius 3 is 2.50 bits per heavy atom. The van der Waals surface area contributed by atoms with Crippen LogP contribution in [0.3, 0.4) is 0 Å². The fraction of sp³-hybridized carbons (Fsp3) is 0.138. The molecule has 1 unspecified atom stereocenters. The van der Waals surface area contributed by atoms with Crippen LogP contribution in [-0.4, -0.2) is 5.78 Å². The van der Waals surface area contributed by atoms with E-state index in [2.05, 4.69) is 53.9 Å². The van der Waals surface area contributed by atoms with Crippen LogP contribution in [0.1, 0.15) is 28.1 Å². The molecule has 2 heterocycles. The van der Waals surface area contributed by atoms with Crippen LogP contribution >= 0.6 is 0 Å². The fourth-order valence-electron chi connectivity index (χ4n) is 4.53. The minimum atomic E-state index is -0.101.